The van der Waals surface area contributed by atoms with Crippen LogP contribution in [-0.4, -0.2) is 35.0 Å². The Labute approximate surface area is 202 Å². The Morgan fingerprint density at radius 2 is 2.20 bits per heavy atom. The number of allylic oxidation sites excluding steroid dienone is 3. The molecular formula is C23H27NO5Y-2. The van der Waals surface area contributed by atoms with Crippen molar-refractivity contribution in [1.29, 1.82) is 0 Å². The Balaban J connectivity index is 0.00000256. The third-order valence-electron chi connectivity index (χ3n) is 6.52. The molecule has 7 heteroatoms. The summed E-state index contributed by atoms with van der Waals surface area (Å²) in [6, 6.07) is 0. The van der Waals surface area contributed by atoms with Crippen LogP contribution in [0.2, 0.25) is 0 Å². The van der Waals surface area contributed by atoms with Crippen molar-refractivity contribution in [2.45, 2.75) is 70.0 Å². The summed E-state index contributed by atoms with van der Waals surface area (Å²) in [4.78, 5) is 27.8. The zero-order valence-electron chi connectivity index (χ0n) is 17.6. The van der Waals surface area contributed by atoms with Crippen LogP contribution in [0.4, 0.5) is 0 Å². The maximum atomic E-state index is 11.7. The second kappa shape index (κ2) is 9.58. The number of carbonyl (C=O) groups excluding carboxylic acids is 2. The molecule has 159 valence electrons. The second-order valence-corrected chi connectivity index (χ2v) is 8.21. The summed E-state index contributed by atoms with van der Waals surface area (Å²) >= 11 is 0. The van der Waals surface area contributed by atoms with Crippen molar-refractivity contribution in [2.24, 2.45) is 11.8 Å². The van der Waals surface area contributed by atoms with Crippen LogP contribution in [-0.2, 0) is 47.0 Å². The Kier molecular flexibility index (Phi) is 7.52. The number of rotatable bonds is 10. The van der Waals surface area contributed by atoms with Gasteiger partial charge in [0.25, 0.3) is 0 Å². The maximum Gasteiger partial charge on any atom is 0.304 e. The molecule has 4 rings (SSSR count). The molecule has 0 amide bonds. The largest absolute Gasteiger partial charge is 0.466 e. The van der Waals surface area contributed by atoms with E-state index in [1.165, 1.54) is 19.3 Å². The first-order valence-electron chi connectivity index (χ1n) is 10.5. The molecule has 0 bridgehead atoms. The smallest absolute Gasteiger partial charge is 0.304 e. The van der Waals surface area contributed by atoms with Gasteiger partial charge in [0.15, 0.2) is 5.78 Å². The van der Waals surface area contributed by atoms with E-state index in [0.29, 0.717) is 43.4 Å². The summed E-state index contributed by atoms with van der Waals surface area (Å²) in [5.41, 5.74) is 1.01. The van der Waals surface area contributed by atoms with Gasteiger partial charge in [-0.3, -0.25) is 9.59 Å². The Morgan fingerprint density at radius 3 is 2.83 bits per heavy atom. The van der Waals surface area contributed by atoms with E-state index in [-0.39, 0.29) is 68.0 Å². The van der Waals surface area contributed by atoms with E-state index in [4.69, 9.17) is 20.5 Å². The minimum atomic E-state index is -0.213. The summed E-state index contributed by atoms with van der Waals surface area (Å²) in [6.07, 6.45) is 11.1. The Bertz CT molecular complexity index is 846. The van der Waals surface area contributed by atoms with Crippen molar-refractivity contribution in [3.8, 4) is 0 Å². The monoisotopic (exact) mass is 486 g/mol. The van der Waals surface area contributed by atoms with Crippen molar-refractivity contribution in [3.05, 3.63) is 42.2 Å². The van der Waals surface area contributed by atoms with Crippen molar-refractivity contribution in [2.75, 3.05) is 6.61 Å². The summed E-state index contributed by atoms with van der Waals surface area (Å²) in [5.74, 6) is 1.04. The van der Waals surface area contributed by atoms with Crippen LogP contribution in [0.15, 0.2) is 22.3 Å². The van der Waals surface area contributed by atoms with E-state index in [1.807, 2.05) is 6.92 Å². The third kappa shape index (κ3) is 4.15. The molecule has 5 atom stereocenters. The van der Waals surface area contributed by atoms with Gasteiger partial charge in [-0.15, -0.1) is 12.8 Å². The minimum absolute atomic E-state index is 0. The molecule has 1 spiro atoms. The number of hydrogen-bond acceptors (Lipinski definition) is 6. The number of carbonyl (C=O) groups is 2. The fraction of sp³-hybridized carbons (Fsp3) is 0.609. The van der Waals surface area contributed by atoms with Gasteiger partial charge in [0.1, 0.15) is 17.6 Å². The number of Topliss-reactive ketones (excluding diaryl/α,β-unsaturated/α-hetero) is 1. The molecule has 2 unspecified atom stereocenters. The Morgan fingerprint density at radius 1 is 1.40 bits per heavy atom. The molecule has 2 saturated carbocycles. The number of ether oxygens (including phenoxy) is 2. The summed E-state index contributed by atoms with van der Waals surface area (Å²) in [7, 11) is 0. The fourth-order valence-electron chi connectivity index (χ4n) is 5.11. The Hall–Kier alpha value is -1.11. The fourth-order valence-corrected chi connectivity index (χ4v) is 5.11. The summed E-state index contributed by atoms with van der Waals surface area (Å²) in [5, 5.41) is 0. The standard InChI is InChI=1S/C23H27NO5.Y/c1-4-12-27-20(26)11-7-15(5-2)6-8-16-17-9-10-19-23(17,29-19)21(16)22-24-18(13-28-22)14(3)25;/h2,5,13,16-17,19,21H,4,7-12H2,1,3H3;/q-2;/t16?,17-,19-,21?,23+;/m1./s1. The predicted octanol–water partition coefficient (Wildman–Crippen LogP) is 3.98. The van der Waals surface area contributed by atoms with Gasteiger partial charge in [0, 0.05) is 46.1 Å². The maximum absolute atomic E-state index is 11.7. The SMILES string of the molecule is [CH-]=CC(=[C-]CC1C(c2nc(C(C)=O)co2)[C@@]23O[C@@H]2CC[C@H]13)CCC(=O)OCCC.[Y]. The molecule has 1 radical (unpaired) electrons. The van der Waals surface area contributed by atoms with Gasteiger partial charge >= 0.3 is 5.97 Å². The average Bonchev–Trinajstić information content (AvgIpc) is 3.11. The molecule has 2 heterocycles. The molecule has 3 aliphatic rings. The van der Waals surface area contributed by atoms with Gasteiger partial charge in [-0.25, -0.2) is 4.98 Å². The molecule has 2 aliphatic carbocycles. The average molecular weight is 486 g/mol. The molecule has 1 aromatic heterocycles. The van der Waals surface area contributed by atoms with Crippen LogP contribution in [0.5, 0.6) is 0 Å². The zero-order chi connectivity index (χ0) is 20.6. The van der Waals surface area contributed by atoms with Crippen molar-refractivity contribution < 1.29 is 56.2 Å². The molecular weight excluding hydrogens is 459 g/mol. The number of esters is 1. The predicted molar refractivity (Wildman–Crippen MR) is 104 cm³/mol. The van der Waals surface area contributed by atoms with Crippen LogP contribution in [0.1, 0.15) is 74.7 Å². The number of oxazole rings is 1. The zero-order valence-corrected chi connectivity index (χ0v) is 20.4. The van der Waals surface area contributed by atoms with Gasteiger partial charge < -0.3 is 38.2 Å². The number of ketones is 1. The van der Waals surface area contributed by atoms with Crippen LogP contribution in [0.25, 0.3) is 0 Å². The van der Waals surface area contributed by atoms with Gasteiger partial charge in [-0.1, -0.05) is 6.92 Å². The van der Waals surface area contributed by atoms with Crippen molar-refractivity contribution >= 4 is 11.8 Å². The number of aromatic nitrogens is 1. The minimum Gasteiger partial charge on any atom is -0.466 e. The van der Waals surface area contributed by atoms with E-state index in [1.54, 1.807) is 0 Å². The summed E-state index contributed by atoms with van der Waals surface area (Å²) in [6.45, 7) is 9.65. The molecule has 6 nitrogen and oxygen atoms in total. The summed E-state index contributed by atoms with van der Waals surface area (Å²) < 4.78 is 16.8. The quantitative estimate of drug-likeness (QED) is 0.164. The first-order chi connectivity index (χ1) is 14.0. The number of nitrogens with zero attached hydrogens (tertiary/aromatic N) is 1. The van der Waals surface area contributed by atoms with E-state index >= 15 is 0 Å². The van der Waals surface area contributed by atoms with Crippen LogP contribution >= 0.6 is 0 Å². The normalized spacial score (nSPS) is 31.1. The first-order valence-corrected chi connectivity index (χ1v) is 10.5. The van der Waals surface area contributed by atoms with Gasteiger partial charge in [-0.05, 0) is 31.1 Å². The van der Waals surface area contributed by atoms with Crippen LogP contribution in [0, 0.1) is 24.5 Å². The van der Waals surface area contributed by atoms with Crippen molar-refractivity contribution in [1.82, 2.24) is 4.98 Å². The van der Waals surface area contributed by atoms with Crippen molar-refractivity contribution in [3.63, 3.8) is 0 Å². The van der Waals surface area contributed by atoms with Crippen LogP contribution in [0.3, 0.4) is 0 Å². The van der Waals surface area contributed by atoms with Gasteiger partial charge in [0.05, 0.1) is 18.6 Å². The molecule has 3 fully saturated rings. The molecule has 30 heavy (non-hydrogen) atoms. The van der Waals surface area contributed by atoms with E-state index in [9.17, 15) is 9.59 Å². The number of epoxide rings is 1. The molecule has 0 N–H and O–H groups in total. The van der Waals surface area contributed by atoms with E-state index in [0.717, 1.165) is 24.8 Å². The molecule has 1 aromatic rings. The van der Waals surface area contributed by atoms with E-state index < -0.39 is 0 Å². The van der Waals surface area contributed by atoms with E-state index in [2.05, 4.69) is 11.1 Å². The third-order valence-corrected chi connectivity index (χ3v) is 6.52. The molecule has 0 aromatic carbocycles. The number of hydrogen-bond donors (Lipinski definition) is 0. The first kappa shape index (κ1) is 23.6. The second-order valence-electron chi connectivity index (χ2n) is 8.21. The van der Waals surface area contributed by atoms with Gasteiger partial charge in [0.2, 0.25) is 5.89 Å². The van der Waals surface area contributed by atoms with Crippen LogP contribution < -0.4 is 0 Å². The molecule has 1 aliphatic heterocycles. The topological polar surface area (TPSA) is 81.9 Å². The molecule has 1 saturated heterocycles. The van der Waals surface area contributed by atoms with Gasteiger partial charge in [-0.2, -0.15) is 0 Å².